The molecular formula is C24H23ClN2O4. The maximum absolute atomic E-state index is 12.2. The zero-order chi connectivity index (χ0) is 21.8. The van der Waals surface area contributed by atoms with Crippen molar-refractivity contribution in [2.75, 3.05) is 13.2 Å². The Bertz CT molecular complexity index is 1030. The third-order valence-corrected chi connectivity index (χ3v) is 5.70. The Morgan fingerprint density at radius 1 is 1.06 bits per heavy atom. The van der Waals surface area contributed by atoms with Crippen LogP contribution in [0.4, 0.5) is 4.79 Å². The number of amides is 1. The number of aliphatic hydroxyl groups is 2. The van der Waals surface area contributed by atoms with Crippen LogP contribution in [-0.4, -0.2) is 40.5 Å². The number of fused-ring (bicyclic) bond motifs is 3. The van der Waals surface area contributed by atoms with Gasteiger partial charge in [-0.2, -0.15) is 0 Å². The van der Waals surface area contributed by atoms with Crippen molar-refractivity contribution in [3.05, 3.63) is 88.7 Å². The van der Waals surface area contributed by atoms with Crippen molar-refractivity contribution in [2.45, 2.75) is 24.5 Å². The molecular weight excluding hydrogens is 416 g/mol. The third kappa shape index (κ3) is 4.71. The first-order chi connectivity index (χ1) is 15.0. The molecule has 1 amide bonds. The van der Waals surface area contributed by atoms with Crippen LogP contribution in [0.25, 0.3) is 11.1 Å². The highest BCUT2D eigenvalue weighted by molar-refractivity contribution is 6.30. The third-order valence-electron chi connectivity index (χ3n) is 5.46. The van der Waals surface area contributed by atoms with Crippen LogP contribution >= 0.6 is 11.6 Å². The van der Waals surface area contributed by atoms with Crippen LogP contribution in [0.15, 0.2) is 66.9 Å². The lowest BCUT2D eigenvalue weighted by Gasteiger charge is -2.18. The lowest BCUT2D eigenvalue weighted by molar-refractivity contribution is 0.0112. The average molecular weight is 439 g/mol. The van der Waals surface area contributed by atoms with Crippen molar-refractivity contribution >= 4 is 17.7 Å². The Kier molecular flexibility index (Phi) is 6.51. The minimum atomic E-state index is -1.19. The molecule has 0 spiro atoms. The van der Waals surface area contributed by atoms with Gasteiger partial charge in [0.15, 0.2) is 0 Å². The fourth-order valence-corrected chi connectivity index (χ4v) is 4.08. The summed E-state index contributed by atoms with van der Waals surface area (Å²) in [7, 11) is 0. The van der Waals surface area contributed by atoms with Crippen LogP contribution in [-0.2, 0) is 4.74 Å². The maximum Gasteiger partial charge on any atom is 0.407 e. The number of carbonyl (C=O) groups excluding carboxylic acids is 1. The van der Waals surface area contributed by atoms with E-state index in [1.807, 2.05) is 24.3 Å². The van der Waals surface area contributed by atoms with E-state index in [-0.39, 0.29) is 31.2 Å². The topological polar surface area (TPSA) is 91.7 Å². The van der Waals surface area contributed by atoms with Gasteiger partial charge in [-0.15, -0.1) is 0 Å². The van der Waals surface area contributed by atoms with Gasteiger partial charge in [0.05, 0.1) is 11.8 Å². The molecule has 2 atom stereocenters. The van der Waals surface area contributed by atoms with Gasteiger partial charge in [0.25, 0.3) is 0 Å². The number of pyridine rings is 1. The van der Waals surface area contributed by atoms with E-state index in [4.69, 9.17) is 16.3 Å². The van der Waals surface area contributed by atoms with Gasteiger partial charge in [-0.25, -0.2) is 4.79 Å². The van der Waals surface area contributed by atoms with Gasteiger partial charge in [0.2, 0.25) is 0 Å². The minimum absolute atomic E-state index is 0.0144. The number of nitrogens with zero attached hydrogens (tertiary/aromatic N) is 1. The number of aromatic nitrogens is 1. The van der Waals surface area contributed by atoms with Crippen LogP contribution in [0.3, 0.4) is 0 Å². The summed E-state index contributed by atoms with van der Waals surface area (Å²) < 4.78 is 5.46. The molecule has 7 heteroatoms. The molecule has 1 aromatic heterocycles. The first-order valence-electron chi connectivity index (χ1n) is 10.1. The second-order valence-corrected chi connectivity index (χ2v) is 7.89. The number of rotatable bonds is 7. The molecule has 1 heterocycles. The number of carbonyl (C=O) groups is 1. The summed E-state index contributed by atoms with van der Waals surface area (Å²) in [4.78, 5) is 16.2. The summed E-state index contributed by atoms with van der Waals surface area (Å²) in [5.74, 6) is -0.0144. The van der Waals surface area contributed by atoms with E-state index in [9.17, 15) is 15.0 Å². The molecule has 2 unspecified atom stereocenters. The van der Waals surface area contributed by atoms with E-state index in [1.54, 1.807) is 6.07 Å². The van der Waals surface area contributed by atoms with Gasteiger partial charge in [-0.1, -0.05) is 60.1 Å². The number of halogens is 1. The largest absolute Gasteiger partial charge is 0.449 e. The van der Waals surface area contributed by atoms with Gasteiger partial charge in [-0.05, 0) is 40.8 Å². The molecule has 0 bridgehead atoms. The number of nitrogens with one attached hydrogen (secondary N) is 1. The maximum atomic E-state index is 12.2. The summed E-state index contributed by atoms with van der Waals surface area (Å²) in [6.07, 6.45) is -1.26. The summed E-state index contributed by atoms with van der Waals surface area (Å²) in [5, 5.41) is 23.4. The zero-order valence-corrected chi connectivity index (χ0v) is 17.5. The van der Waals surface area contributed by atoms with Gasteiger partial charge in [0.1, 0.15) is 12.7 Å². The first kappa shape index (κ1) is 21.3. The van der Waals surface area contributed by atoms with Crippen LogP contribution in [0.5, 0.6) is 0 Å². The van der Waals surface area contributed by atoms with Crippen molar-refractivity contribution in [1.29, 1.82) is 0 Å². The number of ether oxygens (including phenoxy) is 1. The fourth-order valence-electron chi connectivity index (χ4n) is 3.91. The predicted octanol–water partition coefficient (Wildman–Crippen LogP) is 4.06. The molecule has 160 valence electrons. The molecule has 1 aliphatic rings. The average Bonchev–Trinajstić information content (AvgIpc) is 3.11. The van der Waals surface area contributed by atoms with Gasteiger partial charge in [-0.3, -0.25) is 4.98 Å². The normalized spacial score (nSPS) is 14.4. The predicted molar refractivity (Wildman–Crippen MR) is 118 cm³/mol. The zero-order valence-electron chi connectivity index (χ0n) is 16.7. The number of benzene rings is 2. The SMILES string of the molecule is O=C(NCCC(O)C(O)c1cc(Cl)ccn1)OCC1c2ccccc2-c2ccccc21. The highest BCUT2D eigenvalue weighted by Gasteiger charge is 2.29. The molecule has 0 saturated carbocycles. The monoisotopic (exact) mass is 438 g/mol. The Morgan fingerprint density at radius 3 is 2.35 bits per heavy atom. The molecule has 6 nitrogen and oxygen atoms in total. The first-order valence-corrected chi connectivity index (χ1v) is 10.5. The molecule has 3 aromatic rings. The smallest absolute Gasteiger partial charge is 0.407 e. The highest BCUT2D eigenvalue weighted by atomic mass is 35.5. The van der Waals surface area contributed by atoms with Crippen molar-refractivity contribution in [3.63, 3.8) is 0 Å². The summed E-state index contributed by atoms with van der Waals surface area (Å²) in [6.45, 7) is 0.368. The van der Waals surface area contributed by atoms with Crippen LogP contribution < -0.4 is 5.32 Å². The molecule has 3 N–H and O–H groups in total. The van der Waals surface area contributed by atoms with E-state index >= 15 is 0 Å². The molecule has 2 aromatic carbocycles. The van der Waals surface area contributed by atoms with Crippen molar-refractivity contribution in [1.82, 2.24) is 10.3 Å². The van der Waals surface area contributed by atoms with Gasteiger partial charge in [0, 0.05) is 23.7 Å². The van der Waals surface area contributed by atoms with E-state index < -0.39 is 18.3 Å². The van der Waals surface area contributed by atoms with Crippen LogP contribution in [0.2, 0.25) is 5.02 Å². The Balaban J connectivity index is 1.28. The summed E-state index contributed by atoms with van der Waals surface area (Å²) in [5.41, 5.74) is 4.90. The lowest BCUT2D eigenvalue weighted by atomic mass is 9.98. The second kappa shape index (κ2) is 9.47. The van der Waals surface area contributed by atoms with E-state index in [2.05, 4.69) is 34.6 Å². The number of hydrogen-bond acceptors (Lipinski definition) is 5. The van der Waals surface area contributed by atoms with Gasteiger partial charge >= 0.3 is 6.09 Å². The summed E-state index contributed by atoms with van der Waals surface area (Å²) in [6, 6.07) is 19.3. The summed E-state index contributed by atoms with van der Waals surface area (Å²) >= 11 is 5.88. The Hall–Kier alpha value is -2.93. The Labute approximate surface area is 185 Å². The molecule has 4 rings (SSSR count). The van der Waals surface area contributed by atoms with E-state index in [0.29, 0.717) is 5.02 Å². The number of aliphatic hydroxyl groups excluding tert-OH is 2. The second-order valence-electron chi connectivity index (χ2n) is 7.45. The van der Waals surface area contributed by atoms with Gasteiger partial charge < -0.3 is 20.3 Å². The Morgan fingerprint density at radius 2 is 1.71 bits per heavy atom. The lowest BCUT2D eigenvalue weighted by Crippen LogP contribution is -2.30. The fraction of sp³-hybridized carbons (Fsp3) is 0.250. The van der Waals surface area contributed by atoms with Crippen molar-refractivity contribution in [3.8, 4) is 11.1 Å². The highest BCUT2D eigenvalue weighted by Crippen LogP contribution is 2.44. The van der Waals surface area contributed by atoms with Crippen molar-refractivity contribution in [2.24, 2.45) is 0 Å². The molecule has 31 heavy (non-hydrogen) atoms. The van der Waals surface area contributed by atoms with Crippen LogP contribution in [0.1, 0.15) is 35.3 Å². The molecule has 0 saturated heterocycles. The van der Waals surface area contributed by atoms with E-state index in [0.717, 1.165) is 11.1 Å². The molecule has 0 radical (unpaired) electrons. The number of alkyl carbamates (subject to hydrolysis) is 1. The standard InChI is InChI=1S/C24H23ClN2O4/c25-15-9-11-26-21(13-15)23(29)22(28)10-12-27-24(30)31-14-20-18-7-3-1-5-16(18)17-6-2-4-8-19(17)20/h1-9,11,13,20,22-23,28-29H,10,12,14H2,(H,27,30). The minimum Gasteiger partial charge on any atom is -0.449 e. The molecule has 0 fully saturated rings. The van der Waals surface area contributed by atoms with E-state index in [1.165, 1.54) is 23.4 Å². The van der Waals surface area contributed by atoms with Crippen molar-refractivity contribution < 1.29 is 19.7 Å². The molecule has 0 aliphatic heterocycles. The number of hydrogen-bond donors (Lipinski definition) is 3. The molecule has 1 aliphatic carbocycles. The quantitative estimate of drug-likeness (QED) is 0.517. The van der Waals surface area contributed by atoms with Crippen LogP contribution in [0, 0.1) is 0 Å².